The molecule has 4 nitrogen and oxygen atoms in total. The number of nitrogens with zero attached hydrogens (tertiary/aromatic N) is 2. The van der Waals surface area contributed by atoms with Crippen LogP contribution in [0.5, 0.6) is 0 Å². The average Bonchev–Trinajstić information content (AvgIpc) is 2.32. The Labute approximate surface area is 96.5 Å². The second-order valence-corrected chi connectivity index (χ2v) is 3.81. The Morgan fingerprint density at radius 3 is 2.69 bits per heavy atom. The van der Waals surface area contributed by atoms with Gasteiger partial charge in [-0.3, -0.25) is 0 Å². The molecule has 1 aromatic heterocycles. The lowest BCUT2D eigenvalue weighted by atomic mass is 10.0. The van der Waals surface area contributed by atoms with Crippen LogP contribution in [0.4, 0.5) is 11.5 Å². The summed E-state index contributed by atoms with van der Waals surface area (Å²) in [4.78, 5) is 4.13. The van der Waals surface area contributed by atoms with E-state index in [1.165, 1.54) is 0 Å². The van der Waals surface area contributed by atoms with E-state index in [1.807, 2.05) is 6.07 Å². The van der Waals surface area contributed by atoms with Crippen LogP contribution in [0.1, 0.15) is 32.4 Å². The van der Waals surface area contributed by atoms with Gasteiger partial charge >= 0.3 is 0 Å². The molecule has 0 radical (unpaired) electrons. The van der Waals surface area contributed by atoms with Crippen molar-refractivity contribution < 1.29 is 0 Å². The van der Waals surface area contributed by atoms with Gasteiger partial charge in [0.15, 0.2) is 5.69 Å². The van der Waals surface area contributed by atoms with Crippen LogP contribution in [-0.2, 0) is 0 Å². The first-order chi connectivity index (χ1) is 7.71. The minimum absolute atomic E-state index is 0.287. The summed E-state index contributed by atoms with van der Waals surface area (Å²) in [7, 11) is 0. The Kier molecular flexibility index (Phi) is 4.59. The van der Waals surface area contributed by atoms with Crippen molar-refractivity contribution in [2.45, 2.75) is 26.7 Å². The fourth-order valence-corrected chi connectivity index (χ4v) is 1.48. The van der Waals surface area contributed by atoms with Crippen molar-refractivity contribution in [3.63, 3.8) is 0 Å². The number of rotatable bonds is 5. The molecule has 1 rings (SSSR count). The second kappa shape index (κ2) is 5.96. The van der Waals surface area contributed by atoms with Gasteiger partial charge < -0.3 is 11.1 Å². The molecule has 0 aromatic carbocycles. The zero-order valence-electron chi connectivity index (χ0n) is 9.83. The monoisotopic (exact) mass is 218 g/mol. The van der Waals surface area contributed by atoms with Crippen molar-refractivity contribution >= 4 is 11.5 Å². The van der Waals surface area contributed by atoms with Crippen LogP contribution in [-0.4, -0.2) is 11.5 Å². The van der Waals surface area contributed by atoms with Crippen molar-refractivity contribution in [2.24, 2.45) is 5.92 Å². The Hall–Kier alpha value is -1.76. The number of nitrogens with two attached hydrogens (primary N) is 1. The fourth-order valence-electron chi connectivity index (χ4n) is 1.48. The van der Waals surface area contributed by atoms with Crippen LogP contribution < -0.4 is 11.1 Å². The molecule has 4 heteroatoms. The third kappa shape index (κ3) is 3.13. The molecular weight excluding hydrogens is 200 g/mol. The predicted molar refractivity (Wildman–Crippen MR) is 65.9 cm³/mol. The van der Waals surface area contributed by atoms with Crippen molar-refractivity contribution in [3.8, 4) is 6.07 Å². The smallest absolute Gasteiger partial charge is 0.165 e. The molecule has 0 aliphatic heterocycles. The maximum absolute atomic E-state index is 8.79. The molecule has 1 heterocycles. The third-order valence-corrected chi connectivity index (χ3v) is 2.76. The number of aromatic nitrogens is 1. The van der Waals surface area contributed by atoms with Gasteiger partial charge in [-0.2, -0.15) is 5.26 Å². The van der Waals surface area contributed by atoms with E-state index >= 15 is 0 Å². The SMILES string of the molecule is CCC(CC)CNc1ccc(N)c(C#N)n1. The van der Waals surface area contributed by atoms with Gasteiger partial charge in [0.2, 0.25) is 0 Å². The quantitative estimate of drug-likeness (QED) is 0.795. The zero-order valence-corrected chi connectivity index (χ0v) is 9.83. The van der Waals surface area contributed by atoms with Crippen LogP contribution in [0, 0.1) is 17.2 Å². The number of anilines is 2. The number of pyridine rings is 1. The van der Waals surface area contributed by atoms with Crippen molar-refractivity contribution in [2.75, 3.05) is 17.6 Å². The zero-order chi connectivity index (χ0) is 12.0. The Bertz CT molecular complexity index is 377. The van der Waals surface area contributed by atoms with E-state index in [9.17, 15) is 0 Å². The molecular formula is C12H18N4. The summed E-state index contributed by atoms with van der Waals surface area (Å²) in [5.74, 6) is 1.36. The molecule has 0 amide bonds. The van der Waals surface area contributed by atoms with Gasteiger partial charge in [-0.25, -0.2) is 4.98 Å². The standard InChI is InChI=1S/C12H18N4/c1-3-9(4-2)8-15-12-6-5-10(14)11(7-13)16-12/h5-6,9H,3-4,8,14H2,1-2H3,(H,15,16). The van der Waals surface area contributed by atoms with E-state index in [2.05, 4.69) is 24.1 Å². The lowest BCUT2D eigenvalue weighted by Gasteiger charge is -2.13. The Balaban J connectivity index is 2.65. The minimum atomic E-state index is 0.287. The van der Waals surface area contributed by atoms with Crippen LogP contribution in [0.15, 0.2) is 12.1 Å². The van der Waals surface area contributed by atoms with E-state index < -0.39 is 0 Å². The van der Waals surface area contributed by atoms with Gasteiger partial charge in [0, 0.05) is 6.54 Å². The molecule has 0 saturated carbocycles. The molecule has 0 unspecified atom stereocenters. The van der Waals surface area contributed by atoms with Gasteiger partial charge in [0.1, 0.15) is 11.9 Å². The summed E-state index contributed by atoms with van der Waals surface area (Å²) in [5.41, 5.74) is 6.31. The van der Waals surface area contributed by atoms with Gasteiger partial charge in [0.05, 0.1) is 5.69 Å². The molecule has 86 valence electrons. The number of nitrogens with one attached hydrogen (secondary N) is 1. The highest BCUT2D eigenvalue weighted by Gasteiger charge is 2.05. The molecule has 0 bridgehead atoms. The van der Waals surface area contributed by atoms with Gasteiger partial charge in [0.25, 0.3) is 0 Å². The molecule has 1 aromatic rings. The van der Waals surface area contributed by atoms with E-state index in [0.29, 0.717) is 11.6 Å². The number of nitrogen functional groups attached to an aromatic ring is 1. The molecule has 0 aliphatic rings. The minimum Gasteiger partial charge on any atom is -0.396 e. The average molecular weight is 218 g/mol. The molecule has 3 N–H and O–H groups in total. The van der Waals surface area contributed by atoms with Crippen molar-refractivity contribution in [1.29, 1.82) is 5.26 Å². The summed E-state index contributed by atoms with van der Waals surface area (Å²) >= 11 is 0. The Morgan fingerprint density at radius 2 is 2.12 bits per heavy atom. The number of nitriles is 1. The summed E-state index contributed by atoms with van der Waals surface area (Å²) in [6.45, 7) is 5.23. The van der Waals surface area contributed by atoms with Crippen molar-refractivity contribution in [3.05, 3.63) is 17.8 Å². The topological polar surface area (TPSA) is 74.7 Å². The highest BCUT2D eigenvalue weighted by Crippen LogP contribution is 2.14. The largest absolute Gasteiger partial charge is 0.396 e. The third-order valence-electron chi connectivity index (χ3n) is 2.76. The van der Waals surface area contributed by atoms with E-state index in [1.54, 1.807) is 12.1 Å². The molecule has 0 spiro atoms. The maximum Gasteiger partial charge on any atom is 0.165 e. The second-order valence-electron chi connectivity index (χ2n) is 3.81. The first-order valence-corrected chi connectivity index (χ1v) is 5.61. The van der Waals surface area contributed by atoms with Crippen LogP contribution in [0.2, 0.25) is 0 Å². The maximum atomic E-state index is 8.79. The van der Waals surface area contributed by atoms with Crippen LogP contribution in [0.3, 0.4) is 0 Å². The van der Waals surface area contributed by atoms with Crippen LogP contribution >= 0.6 is 0 Å². The first-order valence-electron chi connectivity index (χ1n) is 5.61. The Morgan fingerprint density at radius 1 is 1.44 bits per heavy atom. The number of hydrogen-bond donors (Lipinski definition) is 2. The summed E-state index contributed by atoms with van der Waals surface area (Å²) < 4.78 is 0. The lowest BCUT2D eigenvalue weighted by molar-refractivity contribution is 0.518. The fraction of sp³-hybridized carbons (Fsp3) is 0.500. The molecule has 0 atom stereocenters. The first kappa shape index (κ1) is 12.3. The lowest BCUT2D eigenvalue weighted by Crippen LogP contribution is -2.13. The van der Waals surface area contributed by atoms with Gasteiger partial charge in [-0.15, -0.1) is 0 Å². The van der Waals surface area contributed by atoms with Crippen LogP contribution in [0.25, 0.3) is 0 Å². The molecule has 0 saturated heterocycles. The molecule has 0 aliphatic carbocycles. The normalized spacial score (nSPS) is 10.1. The highest BCUT2D eigenvalue weighted by atomic mass is 15.0. The number of hydrogen-bond acceptors (Lipinski definition) is 4. The highest BCUT2D eigenvalue weighted by molar-refractivity contribution is 5.54. The van der Waals surface area contributed by atoms with Gasteiger partial charge in [-0.1, -0.05) is 26.7 Å². The summed E-state index contributed by atoms with van der Waals surface area (Å²) in [6.07, 6.45) is 2.28. The van der Waals surface area contributed by atoms with Crippen molar-refractivity contribution in [1.82, 2.24) is 4.98 Å². The van der Waals surface area contributed by atoms with Gasteiger partial charge in [-0.05, 0) is 18.1 Å². The summed E-state index contributed by atoms with van der Waals surface area (Å²) in [6, 6.07) is 5.49. The van der Waals surface area contributed by atoms with E-state index in [-0.39, 0.29) is 5.69 Å². The molecule has 0 fully saturated rings. The summed E-state index contributed by atoms with van der Waals surface area (Å²) in [5, 5.41) is 12.0. The predicted octanol–water partition coefficient (Wildman–Crippen LogP) is 2.38. The molecule has 16 heavy (non-hydrogen) atoms. The van der Waals surface area contributed by atoms with E-state index in [0.717, 1.165) is 25.2 Å². The van der Waals surface area contributed by atoms with E-state index in [4.69, 9.17) is 11.0 Å².